The lowest BCUT2D eigenvalue weighted by Gasteiger charge is -2.15. The number of hydrogen-bond donors (Lipinski definition) is 1. The van der Waals surface area contributed by atoms with Crippen molar-refractivity contribution >= 4 is 5.69 Å². The van der Waals surface area contributed by atoms with Crippen LogP contribution in [0.25, 0.3) is 5.69 Å². The highest BCUT2D eigenvalue weighted by Crippen LogP contribution is 2.35. The van der Waals surface area contributed by atoms with Gasteiger partial charge in [-0.2, -0.15) is 5.10 Å². The predicted molar refractivity (Wildman–Crippen MR) is 127 cm³/mol. The standard InChI is InChI=1S/C26H30N4O2/c1-17(2)21-11-9-20(10-12-21)16-27-23-14-13-22(15-23)26-18(3)28-29(19(26)4)24-7-5-6-8-25(24)30(31)32/h5-14,17,22-23,27H,15-16H2,1-4H3/t22-,23-/m1/s1. The molecule has 1 aliphatic carbocycles. The van der Waals surface area contributed by atoms with Gasteiger partial charge >= 0.3 is 0 Å². The Morgan fingerprint density at radius 1 is 1.12 bits per heavy atom. The van der Waals surface area contributed by atoms with Crippen molar-refractivity contribution in [2.45, 2.75) is 58.5 Å². The van der Waals surface area contributed by atoms with E-state index < -0.39 is 0 Å². The van der Waals surface area contributed by atoms with Gasteiger partial charge in [0.25, 0.3) is 5.69 Å². The fourth-order valence-corrected chi connectivity index (χ4v) is 4.56. The maximum absolute atomic E-state index is 11.5. The third kappa shape index (κ3) is 4.36. The third-order valence-corrected chi connectivity index (χ3v) is 6.32. The van der Waals surface area contributed by atoms with Crippen molar-refractivity contribution in [1.29, 1.82) is 0 Å². The lowest BCUT2D eigenvalue weighted by molar-refractivity contribution is -0.384. The largest absolute Gasteiger partial charge is 0.306 e. The number of nitro benzene ring substituents is 1. The highest BCUT2D eigenvalue weighted by atomic mass is 16.6. The molecule has 2 aromatic carbocycles. The molecule has 0 saturated heterocycles. The van der Waals surface area contributed by atoms with Gasteiger partial charge in [-0.15, -0.1) is 0 Å². The van der Waals surface area contributed by atoms with E-state index in [1.165, 1.54) is 17.2 Å². The number of benzene rings is 2. The molecule has 32 heavy (non-hydrogen) atoms. The molecule has 2 atom stereocenters. The Hall–Kier alpha value is -3.25. The summed E-state index contributed by atoms with van der Waals surface area (Å²) >= 11 is 0. The monoisotopic (exact) mass is 430 g/mol. The summed E-state index contributed by atoms with van der Waals surface area (Å²) in [5.74, 6) is 0.785. The maximum atomic E-state index is 11.5. The van der Waals surface area contributed by atoms with Gasteiger partial charge in [-0.05, 0) is 43.4 Å². The van der Waals surface area contributed by atoms with Crippen LogP contribution in [0, 0.1) is 24.0 Å². The summed E-state index contributed by atoms with van der Waals surface area (Å²) < 4.78 is 1.72. The molecule has 0 unspecified atom stereocenters. The molecular weight excluding hydrogens is 400 g/mol. The number of para-hydroxylation sites is 2. The van der Waals surface area contributed by atoms with E-state index >= 15 is 0 Å². The maximum Gasteiger partial charge on any atom is 0.294 e. The number of rotatable bonds is 7. The van der Waals surface area contributed by atoms with E-state index in [1.807, 2.05) is 19.9 Å². The minimum Gasteiger partial charge on any atom is -0.306 e. The topological polar surface area (TPSA) is 73.0 Å². The van der Waals surface area contributed by atoms with Crippen molar-refractivity contribution in [1.82, 2.24) is 15.1 Å². The fourth-order valence-electron chi connectivity index (χ4n) is 4.56. The van der Waals surface area contributed by atoms with Crippen molar-refractivity contribution in [3.8, 4) is 5.69 Å². The van der Waals surface area contributed by atoms with Crippen LogP contribution >= 0.6 is 0 Å². The van der Waals surface area contributed by atoms with E-state index in [1.54, 1.807) is 16.8 Å². The number of aryl methyl sites for hydroxylation is 1. The zero-order chi connectivity index (χ0) is 22.8. The zero-order valence-electron chi connectivity index (χ0n) is 19.1. The molecule has 0 aliphatic heterocycles. The molecule has 4 rings (SSSR count). The number of nitrogens with zero attached hydrogens (tertiary/aromatic N) is 3. The Bertz CT molecular complexity index is 1150. The van der Waals surface area contributed by atoms with Crippen LogP contribution in [0.4, 0.5) is 5.69 Å². The van der Waals surface area contributed by atoms with Crippen molar-refractivity contribution in [3.63, 3.8) is 0 Å². The molecule has 0 spiro atoms. The first-order chi connectivity index (χ1) is 15.3. The van der Waals surface area contributed by atoms with Crippen LogP contribution in [0.5, 0.6) is 0 Å². The highest BCUT2D eigenvalue weighted by molar-refractivity contribution is 5.53. The van der Waals surface area contributed by atoms with Crippen molar-refractivity contribution in [2.75, 3.05) is 0 Å². The van der Waals surface area contributed by atoms with Crippen LogP contribution in [0.15, 0.2) is 60.7 Å². The second-order valence-electron chi connectivity index (χ2n) is 8.85. The first kappa shape index (κ1) is 22.0. The Kier molecular flexibility index (Phi) is 6.24. The molecule has 3 aromatic rings. The number of aromatic nitrogens is 2. The summed E-state index contributed by atoms with van der Waals surface area (Å²) in [7, 11) is 0. The molecule has 0 radical (unpaired) electrons. The van der Waals surface area contributed by atoms with Gasteiger partial charge in [0.05, 0.1) is 10.6 Å². The normalized spacial score (nSPS) is 17.9. The summed E-state index contributed by atoms with van der Waals surface area (Å²) in [5, 5.41) is 19.8. The lowest BCUT2D eigenvalue weighted by atomic mass is 9.95. The summed E-state index contributed by atoms with van der Waals surface area (Å²) in [5.41, 5.74) is 6.24. The summed E-state index contributed by atoms with van der Waals surface area (Å²) in [6.07, 6.45) is 5.42. The SMILES string of the molecule is Cc1nn(-c2ccccc2[N+](=O)[O-])c(C)c1[C@@H]1C=C[C@@H](NCc2ccc(C(C)C)cc2)C1. The average molecular weight is 431 g/mol. The smallest absolute Gasteiger partial charge is 0.294 e. The Labute approximate surface area is 189 Å². The molecule has 1 N–H and O–H groups in total. The van der Waals surface area contributed by atoms with E-state index in [0.717, 1.165) is 29.9 Å². The van der Waals surface area contributed by atoms with Crippen molar-refractivity contribution < 1.29 is 4.92 Å². The highest BCUT2D eigenvalue weighted by Gasteiger charge is 2.27. The predicted octanol–water partition coefficient (Wildman–Crippen LogP) is 5.72. The fraction of sp³-hybridized carbons (Fsp3) is 0.346. The van der Waals surface area contributed by atoms with Gasteiger partial charge in [-0.3, -0.25) is 10.1 Å². The van der Waals surface area contributed by atoms with Crippen LogP contribution < -0.4 is 5.32 Å². The summed E-state index contributed by atoms with van der Waals surface area (Å²) in [4.78, 5) is 11.1. The quantitative estimate of drug-likeness (QED) is 0.295. The molecule has 1 aromatic heterocycles. The van der Waals surface area contributed by atoms with Gasteiger partial charge in [-0.25, -0.2) is 4.68 Å². The zero-order valence-corrected chi connectivity index (χ0v) is 19.1. The molecule has 0 saturated carbocycles. The van der Waals surface area contributed by atoms with Crippen LogP contribution in [0.3, 0.4) is 0 Å². The lowest BCUT2D eigenvalue weighted by Crippen LogP contribution is -2.25. The molecule has 166 valence electrons. The summed E-state index contributed by atoms with van der Waals surface area (Å²) in [6.45, 7) is 9.22. The van der Waals surface area contributed by atoms with E-state index in [0.29, 0.717) is 11.6 Å². The molecule has 6 nitrogen and oxygen atoms in total. The second-order valence-corrected chi connectivity index (χ2v) is 8.85. The Balaban J connectivity index is 1.47. The van der Waals surface area contributed by atoms with Gasteiger partial charge in [-0.1, -0.05) is 62.4 Å². The number of nitrogens with one attached hydrogen (secondary N) is 1. The van der Waals surface area contributed by atoms with Gasteiger partial charge in [0.2, 0.25) is 0 Å². The second kappa shape index (κ2) is 9.09. The van der Waals surface area contributed by atoms with E-state index in [9.17, 15) is 10.1 Å². The van der Waals surface area contributed by atoms with Gasteiger partial charge < -0.3 is 5.32 Å². The van der Waals surface area contributed by atoms with E-state index in [4.69, 9.17) is 0 Å². The van der Waals surface area contributed by atoms with Gasteiger partial charge in [0.15, 0.2) is 0 Å². The first-order valence-electron chi connectivity index (χ1n) is 11.2. The molecule has 0 amide bonds. The Morgan fingerprint density at radius 2 is 1.84 bits per heavy atom. The minimum atomic E-state index is -0.353. The molecular formula is C26H30N4O2. The average Bonchev–Trinajstić information content (AvgIpc) is 3.35. The van der Waals surface area contributed by atoms with Gasteiger partial charge in [0.1, 0.15) is 5.69 Å². The molecule has 6 heteroatoms. The number of allylic oxidation sites excluding steroid dienone is 1. The molecule has 0 fully saturated rings. The number of nitro groups is 1. The van der Waals surface area contributed by atoms with Crippen LogP contribution in [0.1, 0.15) is 60.2 Å². The molecule has 1 aliphatic rings. The molecule has 0 bridgehead atoms. The Morgan fingerprint density at radius 3 is 2.53 bits per heavy atom. The van der Waals surface area contributed by atoms with Crippen molar-refractivity contribution in [2.24, 2.45) is 0 Å². The molecule has 1 heterocycles. The minimum absolute atomic E-state index is 0.0645. The van der Waals surface area contributed by atoms with E-state index in [-0.39, 0.29) is 22.6 Å². The van der Waals surface area contributed by atoms with Crippen molar-refractivity contribution in [3.05, 3.63) is 98.9 Å². The third-order valence-electron chi connectivity index (χ3n) is 6.32. The van der Waals surface area contributed by atoms with E-state index in [2.05, 4.69) is 60.7 Å². The summed E-state index contributed by atoms with van der Waals surface area (Å²) in [6, 6.07) is 15.9. The van der Waals surface area contributed by atoms with Crippen LogP contribution in [-0.2, 0) is 6.54 Å². The van der Waals surface area contributed by atoms with Crippen LogP contribution in [-0.4, -0.2) is 20.7 Å². The van der Waals surface area contributed by atoms with Crippen LogP contribution in [0.2, 0.25) is 0 Å². The number of hydrogen-bond acceptors (Lipinski definition) is 4. The van der Waals surface area contributed by atoms with Gasteiger partial charge in [0, 0.05) is 35.8 Å². The first-order valence-corrected chi connectivity index (χ1v) is 11.2.